The predicted molar refractivity (Wildman–Crippen MR) is 134 cm³/mol. The lowest BCUT2D eigenvalue weighted by atomic mass is 9.97. The second kappa shape index (κ2) is 10.4. The lowest BCUT2D eigenvalue weighted by molar-refractivity contribution is -0.137. The minimum atomic E-state index is -4.40. The van der Waals surface area contributed by atoms with E-state index in [1.165, 1.54) is 34.6 Å². The molecule has 2 aromatic rings. The molecule has 2 aliphatic rings. The summed E-state index contributed by atoms with van der Waals surface area (Å²) in [4.78, 5) is 4.23. The second-order valence-corrected chi connectivity index (χ2v) is 12.4. The Labute approximate surface area is 219 Å². The van der Waals surface area contributed by atoms with E-state index in [-0.39, 0.29) is 28.5 Å². The normalized spacial score (nSPS) is 24.8. The Hall–Kier alpha value is -1.40. The molecule has 0 bridgehead atoms. The maximum absolute atomic E-state index is 13.8. The first-order chi connectivity index (χ1) is 16.8. The van der Waals surface area contributed by atoms with Gasteiger partial charge in [-0.3, -0.25) is 9.80 Å². The van der Waals surface area contributed by atoms with Crippen molar-refractivity contribution in [3.63, 3.8) is 0 Å². The molecular weight excluding hydrogens is 536 g/mol. The average molecular weight is 565 g/mol. The predicted octanol–water partition coefficient (Wildman–Crippen LogP) is 4.31. The highest BCUT2D eigenvalue weighted by molar-refractivity contribution is 7.89. The number of halogens is 5. The van der Waals surface area contributed by atoms with E-state index in [1.807, 2.05) is 13.8 Å². The summed E-state index contributed by atoms with van der Waals surface area (Å²) >= 11 is 12.3. The Bertz CT molecular complexity index is 1190. The van der Waals surface area contributed by atoms with Gasteiger partial charge in [-0.2, -0.15) is 17.5 Å². The molecule has 4 rings (SSSR count). The van der Waals surface area contributed by atoms with Crippen molar-refractivity contribution in [3.8, 4) is 0 Å². The van der Waals surface area contributed by atoms with Crippen LogP contribution >= 0.6 is 23.2 Å². The van der Waals surface area contributed by atoms with Crippen molar-refractivity contribution >= 4 is 33.2 Å². The highest BCUT2D eigenvalue weighted by Crippen LogP contribution is 2.34. The summed E-state index contributed by atoms with van der Waals surface area (Å²) in [5.74, 6) is 0. The van der Waals surface area contributed by atoms with Gasteiger partial charge in [0.25, 0.3) is 0 Å². The number of nitrogens with zero attached hydrogens (tertiary/aromatic N) is 3. The van der Waals surface area contributed by atoms with Gasteiger partial charge in [-0.05, 0) is 56.2 Å². The van der Waals surface area contributed by atoms with Gasteiger partial charge in [0.2, 0.25) is 10.0 Å². The molecule has 2 saturated heterocycles. The van der Waals surface area contributed by atoms with Gasteiger partial charge in [-0.25, -0.2) is 8.42 Å². The van der Waals surface area contributed by atoms with Gasteiger partial charge in [-0.1, -0.05) is 35.3 Å². The standard InChI is InChI=1S/C24H29Cl2F3N4O2S/c1-15(2)31-13-20(9-16-3-5-17(6-4-16)24(27,28)29)32-11-19(30)12-33(23(32)14-31)36(34,35)22-8-7-18(25)10-21(22)26/h3-8,10,15,19-20,23H,9,11-14,30H2,1-2H3. The van der Waals surface area contributed by atoms with E-state index in [9.17, 15) is 21.6 Å². The van der Waals surface area contributed by atoms with Crippen molar-refractivity contribution in [2.75, 3.05) is 26.2 Å². The summed E-state index contributed by atoms with van der Waals surface area (Å²) < 4.78 is 68.0. The van der Waals surface area contributed by atoms with Crippen molar-refractivity contribution in [2.45, 2.75) is 55.6 Å². The topological polar surface area (TPSA) is 69.9 Å². The number of piperazine rings is 1. The third-order valence-electron chi connectivity index (χ3n) is 6.85. The summed E-state index contributed by atoms with van der Waals surface area (Å²) in [5, 5.41) is 0.363. The monoisotopic (exact) mass is 564 g/mol. The second-order valence-electron chi connectivity index (χ2n) is 9.69. The number of hydrogen-bond donors (Lipinski definition) is 1. The Morgan fingerprint density at radius 3 is 2.28 bits per heavy atom. The molecule has 3 unspecified atom stereocenters. The zero-order valence-electron chi connectivity index (χ0n) is 19.9. The molecule has 2 heterocycles. The van der Waals surface area contributed by atoms with Gasteiger partial charge in [-0.15, -0.1) is 0 Å². The van der Waals surface area contributed by atoms with Crippen LogP contribution in [0.1, 0.15) is 25.0 Å². The molecule has 0 saturated carbocycles. The Morgan fingerprint density at radius 2 is 1.69 bits per heavy atom. The molecule has 3 atom stereocenters. The molecule has 2 aliphatic heterocycles. The van der Waals surface area contributed by atoms with Crippen molar-refractivity contribution < 1.29 is 21.6 Å². The number of benzene rings is 2. The molecule has 0 spiro atoms. The van der Waals surface area contributed by atoms with Crippen LogP contribution in [0.4, 0.5) is 13.2 Å². The molecule has 0 amide bonds. The summed E-state index contributed by atoms with van der Waals surface area (Å²) in [7, 11) is -4.01. The first-order valence-corrected chi connectivity index (χ1v) is 13.9. The number of nitrogens with two attached hydrogens (primary N) is 1. The molecule has 36 heavy (non-hydrogen) atoms. The smallest absolute Gasteiger partial charge is 0.325 e. The highest BCUT2D eigenvalue weighted by atomic mass is 35.5. The molecule has 2 aromatic carbocycles. The van der Waals surface area contributed by atoms with E-state index in [4.69, 9.17) is 28.9 Å². The summed E-state index contributed by atoms with van der Waals surface area (Å²) in [6.07, 6.45) is -4.45. The molecule has 0 aliphatic carbocycles. The van der Waals surface area contributed by atoms with Crippen LogP contribution in [0.3, 0.4) is 0 Å². The maximum Gasteiger partial charge on any atom is 0.416 e. The fourth-order valence-electron chi connectivity index (χ4n) is 4.99. The van der Waals surface area contributed by atoms with Crippen molar-refractivity contribution in [1.29, 1.82) is 0 Å². The van der Waals surface area contributed by atoms with Gasteiger partial charge in [0.05, 0.1) is 16.8 Å². The first kappa shape index (κ1) is 27.6. The lowest BCUT2D eigenvalue weighted by Gasteiger charge is -2.54. The summed E-state index contributed by atoms with van der Waals surface area (Å²) in [6.45, 7) is 5.78. The Balaban J connectivity index is 1.67. The first-order valence-electron chi connectivity index (χ1n) is 11.7. The number of alkyl halides is 3. The van der Waals surface area contributed by atoms with E-state index in [0.29, 0.717) is 31.1 Å². The minimum Gasteiger partial charge on any atom is -0.325 e. The Kier molecular flexibility index (Phi) is 7.98. The Morgan fingerprint density at radius 1 is 1.03 bits per heavy atom. The molecule has 6 nitrogen and oxygen atoms in total. The lowest BCUT2D eigenvalue weighted by Crippen LogP contribution is -2.72. The molecule has 2 N–H and O–H groups in total. The number of hydrogen-bond acceptors (Lipinski definition) is 5. The van der Waals surface area contributed by atoms with Gasteiger partial charge < -0.3 is 5.73 Å². The van der Waals surface area contributed by atoms with Gasteiger partial charge in [0.1, 0.15) is 4.90 Å². The van der Waals surface area contributed by atoms with Crippen molar-refractivity contribution in [1.82, 2.24) is 14.1 Å². The van der Waals surface area contributed by atoms with E-state index in [2.05, 4.69) is 9.80 Å². The van der Waals surface area contributed by atoms with E-state index < -0.39 is 34.0 Å². The van der Waals surface area contributed by atoms with Crippen LogP contribution < -0.4 is 5.73 Å². The van der Waals surface area contributed by atoms with Crippen LogP contribution in [-0.2, 0) is 22.6 Å². The maximum atomic E-state index is 13.8. The van der Waals surface area contributed by atoms with Gasteiger partial charge in [0, 0.05) is 49.3 Å². The fraction of sp³-hybridized carbons (Fsp3) is 0.500. The molecule has 2 fully saturated rings. The summed E-state index contributed by atoms with van der Waals surface area (Å²) in [6, 6.07) is 8.96. The van der Waals surface area contributed by atoms with Crippen LogP contribution in [0.2, 0.25) is 10.0 Å². The van der Waals surface area contributed by atoms with Crippen molar-refractivity contribution in [2.24, 2.45) is 5.73 Å². The third-order valence-corrected chi connectivity index (χ3v) is 9.43. The molecular formula is C24H29Cl2F3N4O2S. The SMILES string of the molecule is CC(C)N1CC(Cc2ccc(C(F)(F)F)cc2)N2CC(N)CN(S(=O)(=O)c3ccc(Cl)cc3Cl)C2C1. The quantitative estimate of drug-likeness (QED) is 0.586. The van der Waals surface area contributed by atoms with E-state index in [0.717, 1.165) is 17.7 Å². The van der Waals surface area contributed by atoms with Crippen LogP contribution in [0.5, 0.6) is 0 Å². The highest BCUT2D eigenvalue weighted by Gasteiger charge is 2.47. The van der Waals surface area contributed by atoms with Crippen LogP contribution in [-0.4, -0.2) is 73.0 Å². The zero-order chi connectivity index (χ0) is 26.4. The average Bonchev–Trinajstić information content (AvgIpc) is 2.78. The molecule has 0 radical (unpaired) electrons. The number of sulfonamides is 1. The van der Waals surface area contributed by atoms with Gasteiger partial charge in [0.15, 0.2) is 0 Å². The van der Waals surface area contributed by atoms with E-state index >= 15 is 0 Å². The zero-order valence-corrected chi connectivity index (χ0v) is 22.2. The van der Waals surface area contributed by atoms with E-state index in [1.54, 1.807) is 0 Å². The number of rotatable bonds is 5. The summed E-state index contributed by atoms with van der Waals surface area (Å²) in [5.41, 5.74) is 6.39. The van der Waals surface area contributed by atoms with Crippen LogP contribution in [0.15, 0.2) is 47.4 Å². The molecule has 12 heteroatoms. The molecule has 198 valence electrons. The minimum absolute atomic E-state index is 0.0334. The fourth-order valence-corrected chi connectivity index (χ4v) is 7.39. The van der Waals surface area contributed by atoms with Crippen LogP contribution in [0.25, 0.3) is 0 Å². The van der Waals surface area contributed by atoms with Crippen LogP contribution in [0, 0.1) is 0 Å². The number of fused-ring (bicyclic) bond motifs is 1. The van der Waals surface area contributed by atoms with Gasteiger partial charge >= 0.3 is 6.18 Å². The largest absolute Gasteiger partial charge is 0.416 e. The molecule has 0 aromatic heterocycles. The third kappa shape index (κ3) is 5.70. The van der Waals surface area contributed by atoms with Crippen molar-refractivity contribution in [3.05, 3.63) is 63.6 Å².